The van der Waals surface area contributed by atoms with E-state index < -0.39 is 30.1 Å². The highest BCUT2D eigenvalue weighted by molar-refractivity contribution is 7.09. The van der Waals surface area contributed by atoms with Gasteiger partial charge in [-0.2, -0.15) is 0 Å². The lowest BCUT2D eigenvalue weighted by molar-refractivity contribution is -0.141. The molecule has 0 spiro atoms. The van der Waals surface area contributed by atoms with Gasteiger partial charge in [0, 0.05) is 35.9 Å². The number of ether oxygens (including phenoxy) is 1. The zero-order chi connectivity index (χ0) is 24.8. The molecule has 1 aliphatic carbocycles. The van der Waals surface area contributed by atoms with Gasteiger partial charge in [0.05, 0.1) is 5.51 Å². The molecular weight excluding hydrogens is 466 g/mol. The number of fused-ring (bicyclic) bond motifs is 3. The van der Waals surface area contributed by atoms with Crippen molar-refractivity contribution in [2.75, 3.05) is 6.61 Å². The number of benzene rings is 2. The predicted octanol–water partition coefficient (Wildman–Crippen LogP) is 3.96. The van der Waals surface area contributed by atoms with E-state index in [9.17, 15) is 19.5 Å². The van der Waals surface area contributed by atoms with Crippen LogP contribution in [0.1, 0.15) is 41.7 Å². The van der Waals surface area contributed by atoms with Crippen molar-refractivity contribution in [3.63, 3.8) is 0 Å². The molecule has 2 amide bonds. The number of carboxylic acids is 1. The van der Waals surface area contributed by atoms with E-state index in [4.69, 9.17) is 4.74 Å². The Kier molecular flexibility index (Phi) is 7.77. The Morgan fingerprint density at radius 1 is 1.06 bits per heavy atom. The third-order valence-electron chi connectivity index (χ3n) is 6.11. The largest absolute Gasteiger partial charge is 0.480 e. The van der Waals surface area contributed by atoms with Crippen LogP contribution in [0.2, 0.25) is 0 Å². The highest BCUT2D eigenvalue weighted by Gasteiger charge is 2.29. The van der Waals surface area contributed by atoms with Gasteiger partial charge in [-0.1, -0.05) is 55.5 Å². The van der Waals surface area contributed by atoms with Crippen LogP contribution in [0.5, 0.6) is 0 Å². The van der Waals surface area contributed by atoms with Gasteiger partial charge in [0.2, 0.25) is 5.91 Å². The van der Waals surface area contributed by atoms with E-state index in [0.717, 1.165) is 27.1 Å². The number of hydrogen-bond acceptors (Lipinski definition) is 6. The first-order valence-electron chi connectivity index (χ1n) is 11.5. The van der Waals surface area contributed by atoms with E-state index >= 15 is 0 Å². The molecule has 0 aliphatic heterocycles. The maximum atomic E-state index is 12.6. The molecule has 3 aromatic rings. The monoisotopic (exact) mass is 493 g/mol. The fourth-order valence-electron chi connectivity index (χ4n) is 4.33. The molecular formula is C26H27N3O5S. The van der Waals surface area contributed by atoms with Crippen LogP contribution in [-0.4, -0.2) is 46.8 Å². The Hall–Kier alpha value is -3.72. The van der Waals surface area contributed by atoms with E-state index in [0.29, 0.717) is 6.42 Å². The van der Waals surface area contributed by atoms with Crippen molar-refractivity contribution in [1.29, 1.82) is 0 Å². The second-order valence-electron chi connectivity index (χ2n) is 8.41. The molecule has 182 valence electrons. The smallest absolute Gasteiger partial charge is 0.407 e. The first-order valence-corrected chi connectivity index (χ1v) is 12.3. The quantitative estimate of drug-likeness (QED) is 0.394. The van der Waals surface area contributed by atoms with Crippen molar-refractivity contribution in [3.05, 3.63) is 76.2 Å². The number of nitrogens with one attached hydrogen (secondary N) is 2. The van der Waals surface area contributed by atoms with Crippen LogP contribution in [0.25, 0.3) is 11.1 Å². The summed E-state index contributed by atoms with van der Waals surface area (Å²) in [5.41, 5.74) is 6.14. The number of aliphatic carboxylic acids is 1. The van der Waals surface area contributed by atoms with Crippen LogP contribution in [0.3, 0.4) is 0 Å². The number of rotatable bonds is 10. The molecule has 1 heterocycles. The summed E-state index contributed by atoms with van der Waals surface area (Å²) in [6, 6.07) is 14.6. The third kappa shape index (κ3) is 5.86. The Morgan fingerprint density at radius 3 is 2.29 bits per heavy atom. The lowest BCUT2D eigenvalue weighted by atomic mass is 9.98. The van der Waals surface area contributed by atoms with Gasteiger partial charge in [-0.25, -0.2) is 9.59 Å². The topological polar surface area (TPSA) is 118 Å². The number of carbonyl (C=O) groups is 3. The second-order valence-corrected chi connectivity index (χ2v) is 9.38. The fourth-order valence-corrected chi connectivity index (χ4v) is 4.97. The highest BCUT2D eigenvalue weighted by Crippen LogP contribution is 2.44. The van der Waals surface area contributed by atoms with Crippen LogP contribution < -0.4 is 10.6 Å². The van der Waals surface area contributed by atoms with Gasteiger partial charge in [0.15, 0.2) is 0 Å². The van der Waals surface area contributed by atoms with Crippen LogP contribution >= 0.6 is 11.3 Å². The van der Waals surface area contributed by atoms with Crippen molar-refractivity contribution in [3.8, 4) is 11.1 Å². The zero-order valence-electron chi connectivity index (χ0n) is 19.3. The number of thiazole rings is 1. The minimum Gasteiger partial charge on any atom is -0.480 e. The molecule has 0 saturated heterocycles. The minimum absolute atomic E-state index is 0.0484. The van der Waals surface area contributed by atoms with Crippen molar-refractivity contribution >= 4 is 29.3 Å². The summed E-state index contributed by atoms with van der Waals surface area (Å²) in [6.07, 6.45) is 1.57. The third-order valence-corrected chi connectivity index (χ3v) is 6.91. The maximum Gasteiger partial charge on any atom is 0.407 e. The number of carbonyl (C=O) groups excluding carboxylic acids is 2. The number of carboxylic acid groups (broad SMARTS) is 1. The number of hydrogen-bond donors (Lipinski definition) is 3. The first-order chi connectivity index (χ1) is 17.0. The molecule has 3 N–H and O–H groups in total. The van der Waals surface area contributed by atoms with Crippen molar-refractivity contribution in [1.82, 2.24) is 15.6 Å². The van der Waals surface area contributed by atoms with Gasteiger partial charge in [-0.3, -0.25) is 9.78 Å². The molecule has 0 fully saturated rings. The van der Waals surface area contributed by atoms with Crippen LogP contribution in [-0.2, 0) is 20.7 Å². The number of alkyl carbamates (subject to hydrolysis) is 1. The Labute approximate surface area is 207 Å². The van der Waals surface area contributed by atoms with E-state index in [2.05, 4.69) is 27.8 Å². The van der Waals surface area contributed by atoms with Crippen molar-refractivity contribution in [2.45, 2.75) is 44.2 Å². The molecule has 2 atom stereocenters. The summed E-state index contributed by atoms with van der Waals surface area (Å²) in [6.45, 7) is 2.02. The molecule has 2 unspecified atom stereocenters. The maximum absolute atomic E-state index is 12.6. The number of nitrogens with zero attached hydrogens (tertiary/aromatic N) is 1. The molecule has 8 nitrogen and oxygen atoms in total. The van der Waals surface area contributed by atoms with Crippen LogP contribution in [0.15, 0.2) is 60.2 Å². The Morgan fingerprint density at radius 2 is 1.71 bits per heavy atom. The highest BCUT2D eigenvalue weighted by atomic mass is 32.1. The summed E-state index contributed by atoms with van der Waals surface area (Å²) in [4.78, 5) is 41.3. The van der Waals surface area contributed by atoms with Gasteiger partial charge in [-0.15, -0.1) is 11.3 Å². The number of amides is 2. The van der Waals surface area contributed by atoms with Gasteiger partial charge in [-0.05, 0) is 28.7 Å². The second kappa shape index (κ2) is 11.1. The van der Waals surface area contributed by atoms with Crippen molar-refractivity contribution < 1.29 is 24.2 Å². The Balaban J connectivity index is 1.31. The normalized spacial score (nSPS) is 13.9. The van der Waals surface area contributed by atoms with Gasteiger partial charge >= 0.3 is 12.1 Å². The van der Waals surface area contributed by atoms with E-state index in [1.165, 1.54) is 11.3 Å². The molecule has 1 aromatic heterocycles. The number of aromatic nitrogens is 1. The van der Waals surface area contributed by atoms with Crippen LogP contribution in [0.4, 0.5) is 4.79 Å². The summed E-state index contributed by atoms with van der Waals surface area (Å²) in [7, 11) is 0. The van der Waals surface area contributed by atoms with Crippen LogP contribution in [0, 0.1) is 0 Å². The zero-order valence-corrected chi connectivity index (χ0v) is 20.1. The molecule has 0 saturated carbocycles. The van der Waals surface area contributed by atoms with Gasteiger partial charge in [0.1, 0.15) is 12.6 Å². The minimum atomic E-state index is -1.12. The lowest BCUT2D eigenvalue weighted by Crippen LogP contribution is -2.45. The summed E-state index contributed by atoms with van der Waals surface area (Å²) in [5.74, 6) is -1.63. The fraction of sp³-hybridized carbons (Fsp3) is 0.308. The van der Waals surface area contributed by atoms with E-state index in [1.807, 2.05) is 43.3 Å². The molecule has 9 heteroatoms. The average molecular weight is 494 g/mol. The SMILES string of the molecule is CCC(CC(=O)NC(Cc1cncs1)C(=O)O)NC(=O)OCC1c2ccccc2-c2ccccc21. The average Bonchev–Trinajstić information content (AvgIpc) is 3.48. The molecule has 0 radical (unpaired) electrons. The standard InChI is InChI=1S/C26H27N3O5S/c1-2-16(11-24(30)29-23(25(31)32)12-17-13-27-15-35-17)28-26(33)34-14-22-20-9-5-3-7-18(20)19-8-4-6-10-21(19)22/h3-10,13,15-16,22-23H,2,11-12,14H2,1H3,(H,28,33)(H,29,30)(H,31,32). The molecule has 4 rings (SSSR count). The Bertz CT molecular complexity index is 1150. The van der Waals surface area contributed by atoms with Gasteiger partial charge in [0.25, 0.3) is 0 Å². The molecule has 2 aromatic carbocycles. The lowest BCUT2D eigenvalue weighted by Gasteiger charge is -2.20. The summed E-state index contributed by atoms with van der Waals surface area (Å²) >= 11 is 1.33. The van der Waals surface area contributed by atoms with E-state index in [-0.39, 0.29) is 25.4 Å². The van der Waals surface area contributed by atoms with E-state index in [1.54, 1.807) is 11.7 Å². The predicted molar refractivity (Wildman–Crippen MR) is 132 cm³/mol. The molecule has 35 heavy (non-hydrogen) atoms. The first kappa shape index (κ1) is 24.4. The van der Waals surface area contributed by atoms with Crippen molar-refractivity contribution in [2.24, 2.45) is 0 Å². The molecule has 1 aliphatic rings. The summed E-state index contributed by atoms with van der Waals surface area (Å²) in [5, 5.41) is 14.7. The molecule has 0 bridgehead atoms. The van der Waals surface area contributed by atoms with Gasteiger partial charge < -0.3 is 20.5 Å². The summed E-state index contributed by atoms with van der Waals surface area (Å²) < 4.78 is 5.56.